The molecule has 5 heteroatoms. The van der Waals surface area contributed by atoms with E-state index in [2.05, 4.69) is 11.9 Å². The zero-order chi connectivity index (χ0) is 15.6. The molecule has 0 bridgehead atoms. The fourth-order valence-electron chi connectivity index (χ4n) is 2.70. The summed E-state index contributed by atoms with van der Waals surface area (Å²) in [4.78, 5) is 4.29. The Kier molecular flexibility index (Phi) is 5.20. The molecule has 1 heterocycles. The van der Waals surface area contributed by atoms with Crippen LogP contribution in [0, 0.1) is 11.6 Å². The van der Waals surface area contributed by atoms with Crippen molar-refractivity contribution >= 4 is 22.6 Å². The van der Waals surface area contributed by atoms with Crippen LogP contribution in [-0.2, 0) is 0 Å². The third kappa shape index (κ3) is 3.37. The monoisotopic (exact) mass is 314 g/mol. The van der Waals surface area contributed by atoms with Gasteiger partial charge in [-0.25, -0.2) is 13.8 Å². The normalized spacial score (nSPS) is 14.6. The Hall–Kier alpha value is -1.16. The second-order valence-corrected chi connectivity index (χ2v) is 6.21. The highest BCUT2D eigenvalue weighted by molar-refractivity contribution is 6.20. The number of imidazole rings is 1. The molecule has 1 aromatic carbocycles. The molecule has 2 nitrogen and oxygen atoms in total. The summed E-state index contributed by atoms with van der Waals surface area (Å²) in [5.41, 5.74) is 0.681. The summed E-state index contributed by atoms with van der Waals surface area (Å²) in [6, 6.07) is 2.31. The van der Waals surface area contributed by atoms with Crippen LogP contribution in [0.2, 0.25) is 0 Å². The molecule has 21 heavy (non-hydrogen) atoms. The highest BCUT2D eigenvalue weighted by Gasteiger charge is 2.21. The number of alkyl halides is 1. The number of hydrogen-bond acceptors (Lipinski definition) is 1. The van der Waals surface area contributed by atoms with Crippen molar-refractivity contribution in [3.8, 4) is 0 Å². The number of benzene rings is 1. The predicted molar refractivity (Wildman–Crippen MR) is 82.8 cm³/mol. The number of fused-ring (bicyclic) bond motifs is 1. The molecule has 0 N–H and O–H groups in total. The Labute approximate surface area is 129 Å². The molecule has 0 saturated heterocycles. The van der Waals surface area contributed by atoms with Gasteiger partial charge in [0.25, 0.3) is 0 Å². The van der Waals surface area contributed by atoms with E-state index in [9.17, 15) is 8.78 Å². The van der Waals surface area contributed by atoms with Gasteiger partial charge in [-0.1, -0.05) is 26.2 Å². The summed E-state index contributed by atoms with van der Waals surface area (Å²) in [5, 5.41) is -0.353. The van der Waals surface area contributed by atoms with Crippen molar-refractivity contribution in [2.75, 3.05) is 0 Å². The van der Waals surface area contributed by atoms with Crippen molar-refractivity contribution in [2.24, 2.45) is 0 Å². The topological polar surface area (TPSA) is 17.8 Å². The Bertz CT molecular complexity index is 622. The SMILES string of the molecule is CCCCCC(C)n1c(C(C)Cl)nc2c(F)cc(F)cc21. The number of aromatic nitrogens is 2. The van der Waals surface area contributed by atoms with Crippen molar-refractivity contribution in [3.05, 3.63) is 29.6 Å². The molecule has 0 spiro atoms. The smallest absolute Gasteiger partial charge is 0.153 e. The summed E-state index contributed by atoms with van der Waals surface area (Å²) >= 11 is 6.18. The maximum Gasteiger partial charge on any atom is 0.153 e. The summed E-state index contributed by atoms with van der Waals surface area (Å²) in [6.45, 7) is 5.99. The number of unbranched alkanes of at least 4 members (excludes halogenated alkanes) is 2. The van der Waals surface area contributed by atoms with Gasteiger partial charge in [0.15, 0.2) is 5.82 Å². The van der Waals surface area contributed by atoms with Crippen LogP contribution in [0.5, 0.6) is 0 Å². The fraction of sp³-hybridized carbons (Fsp3) is 0.562. The molecule has 0 aliphatic carbocycles. The first-order valence-electron chi connectivity index (χ1n) is 7.46. The minimum atomic E-state index is -0.636. The molecule has 1 aromatic heterocycles. The van der Waals surface area contributed by atoms with Crippen molar-refractivity contribution in [2.45, 2.75) is 57.9 Å². The molecule has 0 saturated carbocycles. The lowest BCUT2D eigenvalue weighted by atomic mass is 10.1. The first-order chi connectivity index (χ1) is 9.95. The molecule has 0 aliphatic heterocycles. The molecule has 2 unspecified atom stereocenters. The van der Waals surface area contributed by atoms with Crippen molar-refractivity contribution in [3.63, 3.8) is 0 Å². The second-order valence-electron chi connectivity index (χ2n) is 5.56. The fourth-order valence-corrected chi connectivity index (χ4v) is 2.86. The molecule has 0 aliphatic rings. The predicted octanol–water partition coefficient (Wildman–Crippen LogP) is 5.76. The van der Waals surface area contributed by atoms with E-state index in [1.54, 1.807) is 6.92 Å². The second kappa shape index (κ2) is 6.73. The zero-order valence-corrected chi connectivity index (χ0v) is 13.4. The third-order valence-electron chi connectivity index (χ3n) is 3.76. The Balaban J connectivity index is 2.50. The van der Waals surface area contributed by atoms with Gasteiger partial charge in [-0.05, 0) is 26.3 Å². The lowest BCUT2D eigenvalue weighted by molar-refractivity contribution is 0.472. The van der Waals surface area contributed by atoms with E-state index >= 15 is 0 Å². The number of halogens is 3. The zero-order valence-electron chi connectivity index (χ0n) is 12.7. The summed E-state index contributed by atoms with van der Waals surface area (Å²) < 4.78 is 29.3. The van der Waals surface area contributed by atoms with E-state index < -0.39 is 11.6 Å². The molecule has 0 amide bonds. The lowest BCUT2D eigenvalue weighted by Crippen LogP contribution is -2.10. The van der Waals surface area contributed by atoms with Crippen LogP contribution in [0.3, 0.4) is 0 Å². The van der Waals surface area contributed by atoms with E-state index in [0.717, 1.165) is 31.7 Å². The summed E-state index contributed by atoms with van der Waals surface area (Å²) in [6.07, 6.45) is 4.30. The number of hydrogen-bond donors (Lipinski definition) is 0. The van der Waals surface area contributed by atoms with Gasteiger partial charge in [-0.2, -0.15) is 0 Å². The standard InChI is InChI=1S/C16H21ClF2N2/c1-4-5-6-7-10(2)21-14-9-12(18)8-13(19)15(14)20-16(21)11(3)17/h8-11H,4-7H2,1-3H3. The number of rotatable bonds is 6. The van der Waals surface area contributed by atoms with Crippen molar-refractivity contribution < 1.29 is 8.78 Å². The van der Waals surface area contributed by atoms with E-state index in [1.807, 2.05) is 11.5 Å². The maximum atomic E-state index is 13.9. The van der Waals surface area contributed by atoms with Crippen LogP contribution in [0.1, 0.15) is 63.7 Å². The molecular formula is C16H21ClF2N2. The van der Waals surface area contributed by atoms with Gasteiger partial charge < -0.3 is 4.57 Å². The molecule has 2 rings (SSSR count). The third-order valence-corrected chi connectivity index (χ3v) is 3.96. The lowest BCUT2D eigenvalue weighted by Gasteiger charge is -2.18. The van der Waals surface area contributed by atoms with E-state index in [0.29, 0.717) is 11.3 Å². The van der Waals surface area contributed by atoms with Crippen LogP contribution in [0.25, 0.3) is 11.0 Å². The van der Waals surface area contributed by atoms with Gasteiger partial charge in [0.05, 0.1) is 10.9 Å². The average molecular weight is 315 g/mol. The number of nitrogens with zero attached hydrogens (tertiary/aromatic N) is 2. The van der Waals surface area contributed by atoms with Crippen molar-refractivity contribution in [1.29, 1.82) is 0 Å². The summed E-state index contributed by atoms with van der Waals surface area (Å²) in [7, 11) is 0. The molecular weight excluding hydrogens is 294 g/mol. The first-order valence-corrected chi connectivity index (χ1v) is 7.90. The van der Waals surface area contributed by atoms with E-state index in [-0.39, 0.29) is 16.9 Å². The minimum absolute atomic E-state index is 0.110. The molecule has 0 radical (unpaired) electrons. The minimum Gasteiger partial charge on any atom is -0.324 e. The van der Waals surface area contributed by atoms with Gasteiger partial charge >= 0.3 is 0 Å². The van der Waals surface area contributed by atoms with Crippen LogP contribution in [0.4, 0.5) is 8.78 Å². The largest absolute Gasteiger partial charge is 0.324 e. The van der Waals surface area contributed by atoms with Gasteiger partial charge in [-0.15, -0.1) is 11.6 Å². The molecule has 2 atom stereocenters. The Morgan fingerprint density at radius 3 is 2.57 bits per heavy atom. The van der Waals surface area contributed by atoms with Crippen LogP contribution in [-0.4, -0.2) is 9.55 Å². The molecule has 0 fully saturated rings. The van der Waals surface area contributed by atoms with Crippen LogP contribution in [0.15, 0.2) is 12.1 Å². The van der Waals surface area contributed by atoms with Crippen LogP contribution >= 0.6 is 11.6 Å². The van der Waals surface area contributed by atoms with Crippen molar-refractivity contribution in [1.82, 2.24) is 9.55 Å². The summed E-state index contributed by atoms with van der Waals surface area (Å²) in [5.74, 6) is -0.626. The highest BCUT2D eigenvalue weighted by Crippen LogP contribution is 2.31. The molecule has 116 valence electrons. The average Bonchev–Trinajstić information content (AvgIpc) is 2.78. The first kappa shape index (κ1) is 16.2. The van der Waals surface area contributed by atoms with Crippen LogP contribution < -0.4 is 0 Å². The Morgan fingerprint density at radius 1 is 1.24 bits per heavy atom. The van der Waals surface area contributed by atoms with Gasteiger partial charge in [0.1, 0.15) is 17.2 Å². The van der Waals surface area contributed by atoms with Gasteiger partial charge in [-0.3, -0.25) is 0 Å². The van der Waals surface area contributed by atoms with Gasteiger partial charge in [0.2, 0.25) is 0 Å². The quantitative estimate of drug-likeness (QED) is 0.490. The van der Waals surface area contributed by atoms with E-state index in [4.69, 9.17) is 11.6 Å². The highest BCUT2D eigenvalue weighted by atomic mass is 35.5. The van der Waals surface area contributed by atoms with E-state index in [1.165, 1.54) is 6.07 Å². The maximum absolute atomic E-state index is 13.9. The molecule has 2 aromatic rings. The Morgan fingerprint density at radius 2 is 1.95 bits per heavy atom. The van der Waals surface area contributed by atoms with Gasteiger partial charge in [0, 0.05) is 12.1 Å².